The van der Waals surface area contributed by atoms with Crippen molar-refractivity contribution in [1.82, 2.24) is 0 Å². The van der Waals surface area contributed by atoms with Crippen LogP contribution in [0.15, 0.2) is 53.0 Å². The van der Waals surface area contributed by atoms with Crippen molar-refractivity contribution in [2.45, 2.75) is 37.6 Å². The third-order valence-electron chi connectivity index (χ3n) is 4.35. The highest BCUT2D eigenvalue weighted by molar-refractivity contribution is 9.10. The Morgan fingerprint density at radius 3 is 2.70 bits per heavy atom. The Labute approximate surface area is 129 Å². The maximum atomic E-state index is 6.54. The van der Waals surface area contributed by atoms with Crippen LogP contribution >= 0.6 is 15.9 Å². The van der Waals surface area contributed by atoms with Crippen LogP contribution in [0.1, 0.15) is 35.4 Å². The summed E-state index contributed by atoms with van der Waals surface area (Å²) in [5.74, 6) is 0.493. The Hall–Kier alpha value is -1.12. The topological polar surface area (TPSA) is 26.0 Å². The van der Waals surface area contributed by atoms with E-state index in [2.05, 4.69) is 64.5 Å². The monoisotopic (exact) mass is 329 g/mol. The average molecular weight is 330 g/mol. The van der Waals surface area contributed by atoms with Gasteiger partial charge in [-0.1, -0.05) is 58.4 Å². The largest absolute Gasteiger partial charge is 0.327 e. The Morgan fingerprint density at radius 2 is 1.85 bits per heavy atom. The van der Waals surface area contributed by atoms with Crippen LogP contribution < -0.4 is 5.73 Å². The zero-order chi connectivity index (χ0) is 13.9. The van der Waals surface area contributed by atoms with Crippen LogP contribution in [0, 0.1) is 0 Å². The number of halogens is 1. The van der Waals surface area contributed by atoms with Gasteiger partial charge in [-0.05, 0) is 54.4 Å². The van der Waals surface area contributed by atoms with Gasteiger partial charge in [-0.15, -0.1) is 0 Å². The van der Waals surface area contributed by atoms with E-state index in [0.29, 0.717) is 5.92 Å². The molecule has 0 aromatic heterocycles. The van der Waals surface area contributed by atoms with Crippen LogP contribution in [0.25, 0.3) is 0 Å². The van der Waals surface area contributed by atoms with Gasteiger partial charge in [0.2, 0.25) is 0 Å². The van der Waals surface area contributed by atoms with Crippen molar-refractivity contribution < 1.29 is 0 Å². The third-order valence-corrected chi connectivity index (χ3v) is 5.12. The molecule has 2 aromatic rings. The van der Waals surface area contributed by atoms with E-state index >= 15 is 0 Å². The van der Waals surface area contributed by atoms with E-state index in [4.69, 9.17) is 5.73 Å². The molecule has 2 unspecified atom stereocenters. The molecule has 2 atom stereocenters. The lowest BCUT2D eigenvalue weighted by atomic mass is 9.77. The highest BCUT2D eigenvalue weighted by Gasteiger charge is 2.25. The highest BCUT2D eigenvalue weighted by atomic mass is 79.9. The molecule has 1 aliphatic rings. The lowest BCUT2D eigenvalue weighted by Crippen LogP contribution is -2.33. The van der Waals surface area contributed by atoms with Gasteiger partial charge in [0.05, 0.1) is 0 Å². The number of hydrogen-bond acceptors (Lipinski definition) is 1. The fourth-order valence-corrected chi connectivity index (χ4v) is 3.74. The first-order valence-corrected chi connectivity index (χ1v) is 8.12. The standard InChI is InChI=1S/C18H20BrN/c19-17-11-4-2-7-14(17)12-18(20)16-10-5-8-13-6-1-3-9-15(13)16/h1-4,6-7,9,11,16,18H,5,8,10,12,20H2. The Kier molecular flexibility index (Phi) is 4.23. The minimum atomic E-state index is 0.190. The van der Waals surface area contributed by atoms with Crippen LogP contribution in [0.4, 0.5) is 0 Å². The molecule has 0 bridgehead atoms. The molecule has 0 saturated heterocycles. The van der Waals surface area contributed by atoms with Crippen LogP contribution in [0.2, 0.25) is 0 Å². The van der Waals surface area contributed by atoms with E-state index in [0.717, 1.165) is 6.42 Å². The second-order valence-corrected chi connectivity index (χ2v) is 6.51. The first kappa shape index (κ1) is 13.8. The molecule has 0 heterocycles. The average Bonchev–Trinajstić information content (AvgIpc) is 2.49. The number of rotatable bonds is 3. The summed E-state index contributed by atoms with van der Waals surface area (Å²) in [5, 5.41) is 0. The van der Waals surface area contributed by atoms with E-state index in [1.165, 1.54) is 40.4 Å². The van der Waals surface area contributed by atoms with Crippen molar-refractivity contribution in [2.75, 3.05) is 0 Å². The van der Waals surface area contributed by atoms with E-state index < -0.39 is 0 Å². The van der Waals surface area contributed by atoms with Gasteiger partial charge in [0, 0.05) is 10.5 Å². The molecule has 0 fully saturated rings. The van der Waals surface area contributed by atoms with Crippen LogP contribution in [0.5, 0.6) is 0 Å². The summed E-state index contributed by atoms with van der Waals surface area (Å²) in [6, 6.07) is 17.4. The maximum Gasteiger partial charge on any atom is 0.0207 e. The zero-order valence-electron chi connectivity index (χ0n) is 11.6. The summed E-state index contributed by atoms with van der Waals surface area (Å²) >= 11 is 3.62. The number of nitrogens with two attached hydrogens (primary N) is 1. The van der Waals surface area contributed by atoms with Crippen molar-refractivity contribution in [3.8, 4) is 0 Å². The summed E-state index contributed by atoms with van der Waals surface area (Å²) < 4.78 is 1.17. The van der Waals surface area contributed by atoms with Crippen molar-refractivity contribution in [2.24, 2.45) is 5.73 Å². The SMILES string of the molecule is NC(Cc1ccccc1Br)C1CCCc2ccccc21. The van der Waals surface area contributed by atoms with Gasteiger partial charge in [-0.3, -0.25) is 0 Å². The molecule has 104 valence electrons. The van der Waals surface area contributed by atoms with Gasteiger partial charge in [-0.25, -0.2) is 0 Å². The van der Waals surface area contributed by atoms with Crippen molar-refractivity contribution >= 4 is 15.9 Å². The fourth-order valence-electron chi connectivity index (χ4n) is 3.30. The minimum absolute atomic E-state index is 0.190. The van der Waals surface area contributed by atoms with Crippen LogP contribution in [-0.4, -0.2) is 6.04 Å². The molecule has 20 heavy (non-hydrogen) atoms. The second kappa shape index (κ2) is 6.11. The molecule has 0 saturated carbocycles. The van der Waals surface area contributed by atoms with Gasteiger partial charge in [0.1, 0.15) is 0 Å². The van der Waals surface area contributed by atoms with Crippen LogP contribution in [-0.2, 0) is 12.8 Å². The number of benzene rings is 2. The van der Waals surface area contributed by atoms with E-state index in [-0.39, 0.29) is 6.04 Å². The summed E-state index contributed by atoms with van der Waals surface area (Å²) in [6.45, 7) is 0. The predicted molar refractivity (Wildman–Crippen MR) is 87.9 cm³/mol. The van der Waals surface area contributed by atoms with Gasteiger partial charge in [0.25, 0.3) is 0 Å². The molecule has 0 amide bonds. The van der Waals surface area contributed by atoms with Gasteiger partial charge >= 0.3 is 0 Å². The summed E-state index contributed by atoms with van der Waals surface area (Å²) in [6.07, 6.45) is 4.60. The molecule has 2 heteroatoms. The summed E-state index contributed by atoms with van der Waals surface area (Å²) in [7, 11) is 0. The number of hydrogen-bond donors (Lipinski definition) is 1. The van der Waals surface area contributed by atoms with E-state index in [1.807, 2.05) is 0 Å². The van der Waals surface area contributed by atoms with Crippen molar-refractivity contribution in [3.05, 3.63) is 69.7 Å². The minimum Gasteiger partial charge on any atom is -0.327 e. The smallest absolute Gasteiger partial charge is 0.0207 e. The summed E-state index contributed by atoms with van der Waals surface area (Å²) in [4.78, 5) is 0. The summed E-state index contributed by atoms with van der Waals surface area (Å²) in [5.41, 5.74) is 10.8. The normalized spacial score (nSPS) is 19.4. The van der Waals surface area contributed by atoms with Crippen molar-refractivity contribution in [3.63, 3.8) is 0 Å². The molecular formula is C18H20BrN. The van der Waals surface area contributed by atoms with E-state index in [9.17, 15) is 0 Å². The molecular weight excluding hydrogens is 310 g/mol. The van der Waals surface area contributed by atoms with E-state index in [1.54, 1.807) is 0 Å². The maximum absolute atomic E-state index is 6.54. The van der Waals surface area contributed by atoms with Gasteiger partial charge in [-0.2, -0.15) is 0 Å². The van der Waals surface area contributed by atoms with Gasteiger partial charge < -0.3 is 5.73 Å². The molecule has 2 N–H and O–H groups in total. The fraction of sp³-hybridized carbons (Fsp3) is 0.333. The highest BCUT2D eigenvalue weighted by Crippen LogP contribution is 2.34. The first-order chi connectivity index (χ1) is 9.75. The zero-order valence-corrected chi connectivity index (χ0v) is 13.1. The van der Waals surface area contributed by atoms with Crippen LogP contribution in [0.3, 0.4) is 0 Å². The first-order valence-electron chi connectivity index (χ1n) is 7.32. The lowest BCUT2D eigenvalue weighted by molar-refractivity contribution is 0.459. The Balaban J connectivity index is 1.82. The predicted octanol–water partition coefficient (Wildman–Crippen LogP) is 4.44. The van der Waals surface area contributed by atoms with Crippen molar-refractivity contribution in [1.29, 1.82) is 0 Å². The third kappa shape index (κ3) is 2.82. The molecule has 2 aromatic carbocycles. The Morgan fingerprint density at radius 1 is 1.10 bits per heavy atom. The molecule has 3 rings (SSSR count). The molecule has 0 aliphatic heterocycles. The molecule has 0 spiro atoms. The lowest BCUT2D eigenvalue weighted by Gasteiger charge is -2.30. The number of fused-ring (bicyclic) bond motifs is 1. The molecule has 1 nitrogen and oxygen atoms in total. The second-order valence-electron chi connectivity index (χ2n) is 5.66. The van der Waals surface area contributed by atoms with Gasteiger partial charge in [0.15, 0.2) is 0 Å². The molecule has 1 aliphatic carbocycles. The molecule has 0 radical (unpaired) electrons. The Bertz CT molecular complexity index is 593. The number of aryl methyl sites for hydroxylation is 1. The quantitative estimate of drug-likeness (QED) is 0.885.